The van der Waals surface area contributed by atoms with Gasteiger partial charge < -0.3 is 0 Å². The lowest BCUT2D eigenvalue weighted by atomic mass is 10.1. The molecule has 1 aromatic carbocycles. The zero-order valence-corrected chi connectivity index (χ0v) is 9.17. The third-order valence-electron chi connectivity index (χ3n) is 1.77. The molecule has 0 saturated heterocycles. The maximum Gasteiger partial charge on any atom is 0.390 e. The first-order valence-electron chi connectivity index (χ1n) is 4.06. The van der Waals surface area contributed by atoms with Crippen molar-refractivity contribution in [2.45, 2.75) is 17.4 Å². The van der Waals surface area contributed by atoms with Crippen LogP contribution < -0.4 is 0 Å². The van der Waals surface area contributed by atoms with Gasteiger partial charge in [-0.05, 0) is 0 Å². The number of halogens is 7. The number of hydrogen-bond donors (Lipinski definition) is 0. The van der Waals surface area contributed by atoms with E-state index in [0.29, 0.717) is 12.1 Å². The molecule has 0 fully saturated rings. The van der Waals surface area contributed by atoms with E-state index >= 15 is 0 Å². The zero-order chi connectivity index (χ0) is 12.5. The van der Waals surface area contributed by atoms with Gasteiger partial charge in [-0.3, -0.25) is 0 Å². The number of rotatable bonds is 2. The highest BCUT2D eigenvalue weighted by atomic mass is 79.9. The summed E-state index contributed by atoms with van der Waals surface area (Å²) >= 11 is 2.53. The standard InChI is InChI=1S/C9H5BrF6/c10-5(3-9(14,15)16)8-6(12)1-4(11)2-7(8)13/h1-2,5H,3H2. The summed E-state index contributed by atoms with van der Waals surface area (Å²) in [6, 6.07) is 0.673. The minimum absolute atomic E-state index is 0.336. The summed E-state index contributed by atoms with van der Waals surface area (Å²) in [5.74, 6) is -3.86. The number of alkyl halides is 4. The molecule has 0 aliphatic carbocycles. The molecule has 90 valence electrons. The topological polar surface area (TPSA) is 0 Å². The minimum atomic E-state index is -4.57. The molecule has 0 heterocycles. The van der Waals surface area contributed by atoms with Crippen LogP contribution in [0.4, 0.5) is 26.3 Å². The van der Waals surface area contributed by atoms with Crippen LogP contribution in [0.5, 0.6) is 0 Å². The summed E-state index contributed by atoms with van der Waals surface area (Å²) in [6.07, 6.45) is -6.01. The monoisotopic (exact) mass is 306 g/mol. The molecule has 0 spiro atoms. The lowest BCUT2D eigenvalue weighted by Gasteiger charge is -2.14. The Bertz CT molecular complexity index is 363. The fourth-order valence-electron chi connectivity index (χ4n) is 1.16. The van der Waals surface area contributed by atoms with Crippen molar-refractivity contribution in [1.82, 2.24) is 0 Å². The summed E-state index contributed by atoms with van der Waals surface area (Å²) in [5, 5.41) is 0. The summed E-state index contributed by atoms with van der Waals surface area (Å²) < 4.78 is 74.6. The second kappa shape index (κ2) is 4.65. The van der Waals surface area contributed by atoms with Crippen molar-refractivity contribution in [2.75, 3.05) is 0 Å². The highest BCUT2D eigenvalue weighted by molar-refractivity contribution is 9.09. The smallest absolute Gasteiger partial charge is 0.207 e. The van der Waals surface area contributed by atoms with Gasteiger partial charge in [0.15, 0.2) is 0 Å². The highest BCUT2D eigenvalue weighted by Crippen LogP contribution is 2.37. The third kappa shape index (κ3) is 3.40. The van der Waals surface area contributed by atoms with Crippen LogP contribution in [0.25, 0.3) is 0 Å². The number of benzene rings is 1. The highest BCUT2D eigenvalue weighted by Gasteiger charge is 2.33. The molecule has 0 aliphatic heterocycles. The first kappa shape index (κ1) is 13.3. The molecule has 0 radical (unpaired) electrons. The third-order valence-corrected chi connectivity index (χ3v) is 2.55. The molecule has 1 unspecified atom stereocenters. The molecule has 1 atom stereocenters. The van der Waals surface area contributed by atoms with Crippen LogP contribution in [-0.2, 0) is 0 Å². The van der Waals surface area contributed by atoms with Crippen molar-refractivity contribution in [1.29, 1.82) is 0 Å². The molecule has 16 heavy (non-hydrogen) atoms. The SMILES string of the molecule is Fc1cc(F)c(C(Br)CC(F)(F)F)c(F)c1. The van der Waals surface area contributed by atoms with Crippen molar-refractivity contribution >= 4 is 15.9 Å². The fourth-order valence-corrected chi connectivity index (χ4v) is 1.96. The maximum absolute atomic E-state index is 13.1. The van der Waals surface area contributed by atoms with Crippen LogP contribution in [0.2, 0.25) is 0 Å². The molecule has 1 aromatic rings. The Labute approximate surface area is 95.4 Å². The Morgan fingerprint density at radius 3 is 1.88 bits per heavy atom. The van der Waals surface area contributed by atoms with Crippen molar-refractivity contribution in [3.8, 4) is 0 Å². The predicted octanol–water partition coefficient (Wildman–Crippen LogP) is 4.49. The van der Waals surface area contributed by atoms with E-state index in [1.165, 1.54) is 0 Å². The van der Waals surface area contributed by atoms with Gasteiger partial charge in [0.05, 0.1) is 11.2 Å². The normalized spacial score (nSPS) is 13.9. The Morgan fingerprint density at radius 2 is 1.50 bits per heavy atom. The maximum atomic E-state index is 13.1. The second-order valence-electron chi connectivity index (χ2n) is 3.07. The van der Waals surface area contributed by atoms with Crippen molar-refractivity contribution in [3.05, 3.63) is 35.1 Å². The Balaban J connectivity index is 3.04. The second-order valence-corrected chi connectivity index (χ2v) is 4.18. The first-order chi connectivity index (χ1) is 7.20. The molecular weight excluding hydrogens is 302 g/mol. The van der Waals surface area contributed by atoms with Crippen molar-refractivity contribution in [2.24, 2.45) is 0 Å². The van der Waals surface area contributed by atoms with E-state index in [-0.39, 0.29) is 0 Å². The van der Waals surface area contributed by atoms with Crippen molar-refractivity contribution < 1.29 is 26.3 Å². The fraction of sp³-hybridized carbons (Fsp3) is 0.333. The zero-order valence-electron chi connectivity index (χ0n) is 7.58. The van der Waals surface area contributed by atoms with Crippen molar-refractivity contribution in [3.63, 3.8) is 0 Å². The average Bonchev–Trinajstić information content (AvgIpc) is 1.96. The van der Waals surface area contributed by atoms with E-state index in [9.17, 15) is 26.3 Å². The largest absolute Gasteiger partial charge is 0.390 e. The molecule has 0 nitrogen and oxygen atoms in total. The molecule has 0 bridgehead atoms. The van der Waals surface area contributed by atoms with Gasteiger partial charge in [0.25, 0.3) is 0 Å². The van der Waals surface area contributed by atoms with Gasteiger partial charge in [0.2, 0.25) is 0 Å². The van der Waals surface area contributed by atoms with E-state index in [2.05, 4.69) is 15.9 Å². The first-order valence-corrected chi connectivity index (χ1v) is 4.97. The molecule has 0 aromatic heterocycles. The van der Waals surface area contributed by atoms with E-state index in [0.717, 1.165) is 0 Å². The van der Waals surface area contributed by atoms with Gasteiger partial charge in [-0.15, -0.1) is 0 Å². The van der Waals surface area contributed by atoms with Gasteiger partial charge in [-0.25, -0.2) is 13.2 Å². The molecule has 0 N–H and O–H groups in total. The van der Waals surface area contributed by atoms with Crippen LogP contribution in [0.15, 0.2) is 12.1 Å². The van der Waals surface area contributed by atoms with Gasteiger partial charge >= 0.3 is 6.18 Å². The molecule has 0 aliphatic rings. The summed E-state index contributed by atoms with van der Waals surface area (Å²) in [6.45, 7) is 0. The van der Waals surface area contributed by atoms with E-state index in [1.54, 1.807) is 0 Å². The summed E-state index contributed by atoms with van der Waals surface area (Å²) in [5.41, 5.74) is -0.821. The van der Waals surface area contributed by atoms with Gasteiger partial charge in [-0.2, -0.15) is 13.2 Å². The van der Waals surface area contributed by atoms with Crippen LogP contribution in [0.1, 0.15) is 16.8 Å². The van der Waals surface area contributed by atoms with E-state index < -0.39 is 40.4 Å². The lowest BCUT2D eigenvalue weighted by molar-refractivity contribution is -0.134. The molecule has 0 saturated carbocycles. The average molecular weight is 307 g/mol. The summed E-state index contributed by atoms with van der Waals surface area (Å²) in [4.78, 5) is -1.58. The molecule has 0 amide bonds. The molecule has 7 heteroatoms. The Kier molecular flexibility index (Phi) is 3.88. The quantitative estimate of drug-likeness (QED) is 0.558. The lowest BCUT2D eigenvalue weighted by Crippen LogP contribution is -2.12. The predicted molar refractivity (Wildman–Crippen MR) is 48.7 cm³/mol. The van der Waals surface area contributed by atoms with Gasteiger partial charge in [0, 0.05) is 17.7 Å². The van der Waals surface area contributed by atoms with E-state index in [4.69, 9.17) is 0 Å². The van der Waals surface area contributed by atoms with Crippen LogP contribution in [0.3, 0.4) is 0 Å². The Hall–Kier alpha value is -0.720. The number of hydrogen-bond acceptors (Lipinski definition) is 0. The van der Waals surface area contributed by atoms with E-state index in [1.807, 2.05) is 0 Å². The summed E-state index contributed by atoms with van der Waals surface area (Å²) in [7, 11) is 0. The Morgan fingerprint density at radius 1 is 1.06 bits per heavy atom. The molecular formula is C9H5BrF6. The van der Waals surface area contributed by atoms with Crippen LogP contribution in [0, 0.1) is 17.5 Å². The van der Waals surface area contributed by atoms with Gasteiger partial charge in [0.1, 0.15) is 17.5 Å². The minimum Gasteiger partial charge on any atom is -0.207 e. The van der Waals surface area contributed by atoms with Gasteiger partial charge in [-0.1, -0.05) is 15.9 Å². The molecule has 1 rings (SSSR count). The van der Waals surface area contributed by atoms with Crippen LogP contribution >= 0.6 is 15.9 Å². The van der Waals surface area contributed by atoms with Crippen LogP contribution in [-0.4, -0.2) is 6.18 Å².